The third kappa shape index (κ3) is 3.81. The van der Waals surface area contributed by atoms with Gasteiger partial charge in [0.2, 0.25) is 0 Å². The van der Waals surface area contributed by atoms with Crippen LogP contribution in [-0.2, 0) is 15.1 Å². The Morgan fingerprint density at radius 3 is 2.45 bits per heavy atom. The van der Waals surface area contributed by atoms with Gasteiger partial charge in [0.05, 0.1) is 6.61 Å². The molecule has 0 aliphatic carbocycles. The van der Waals surface area contributed by atoms with Crippen molar-refractivity contribution >= 4 is 5.97 Å². The van der Waals surface area contributed by atoms with E-state index >= 15 is 0 Å². The van der Waals surface area contributed by atoms with Gasteiger partial charge < -0.3 is 15.0 Å². The first-order valence-corrected chi connectivity index (χ1v) is 7.21. The van der Waals surface area contributed by atoms with E-state index in [1.54, 1.807) is 0 Å². The van der Waals surface area contributed by atoms with E-state index in [4.69, 9.17) is 4.74 Å². The highest BCUT2D eigenvalue weighted by atomic mass is 16.5. The molecule has 0 bridgehead atoms. The molecule has 20 heavy (non-hydrogen) atoms. The number of carbonyl (C=O) groups excluding carboxylic acids is 1. The summed E-state index contributed by atoms with van der Waals surface area (Å²) in [5, 5.41) is 3.19. The zero-order valence-corrected chi connectivity index (χ0v) is 13.0. The van der Waals surface area contributed by atoms with Gasteiger partial charge in [-0.05, 0) is 39.5 Å². The van der Waals surface area contributed by atoms with Crippen LogP contribution in [0.25, 0.3) is 0 Å². The van der Waals surface area contributed by atoms with E-state index in [1.165, 1.54) is 0 Å². The maximum atomic E-state index is 12.5. The van der Waals surface area contributed by atoms with Crippen LogP contribution >= 0.6 is 0 Å². The fourth-order valence-electron chi connectivity index (χ4n) is 2.23. The summed E-state index contributed by atoms with van der Waals surface area (Å²) < 4.78 is 5.30. The quantitative estimate of drug-likeness (QED) is 0.739. The van der Waals surface area contributed by atoms with Gasteiger partial charge in [0.15, 0.2) is 0 Å². The van der Waals surface area contributed by atoms with E-state index in [9.17, 15) is 4.79 Å². The van der Waals surface area contributed by atoms with Crippen LogP contribution < -0.4 is 5.32 Å². The molecule has 1 aromatic rings. The zero-order chi connectivity index (χ0) is 15.0. The minimum atomic E-state index is -0.777. The van der Waals surface area contributed by atoms with E-state index in [-0.39, 0.29) is 5.97 Å². The monoisotopic (exact) mass is 278 g/mol. The first-order valence-electron chi connectivity index (χ1n) is 7.21. The second-order valence-electron chi connectivity index (χ2n) is 4.89. The Bertz CT molecular complexity index is 408. The number of nitrogens with zero attached hydrogens (tertiary/aromatic N) is 1. The first kappa shape index (κ1) is 16.7. The van der Waals surface area contributed by atoms with Crippen molar-refractivity contribution in [3.05, 3.63) is 35.9 Å². The van der Waals surface area contributed by atoms with E-state index in [2.05, 4.69) is 24.2 Å². The second kappa shape index (κ2) is 8.02. The van der Waals surface area contributed by atoms with Crippen molar-refractivity contribution < 1.29 is 9.53 Å². The first-order chi connectivity index (χ1) is 9.60. The summed E-state index contributed by atoms with van der Waals surface area (Å²) >= 11 is 0. The third-order valence-electron chi connectivity index (χ3n) is 3.73. The van der Waals surface area contributed by atoms with Gasteiger partial charge in [-0.3, -0.25) is 0 Å². The maximum absolute atomic E-state index is 12.5. The van der Waals surface area contributed by atoms with E-state index in [0.717, 1.165) is 18.7 Å². The Balaban J connectivity index is 3.06. The number of likely N-dealkylation sites (N-methyl/N-ethyl adjacent to an activating group) is 1. The summed E-state index contributed by atoms with van der Waals surface area (Å²) in [5.74, 6) is -0.210. The molecule has 1 atom stereocenters. The lowest BCUT2D eigenvalue weighted by molar-refractivity contribution is -0.152. The van der Waals surface area contributed by atoms with Crippen molar-refractivity contribution in [1.82, 2.24) is 10.2 Å². The lowest BCUT2D eigenvalue weighted by Gasteiger charge is -2.33. The van der Waals surface area contributed by atoms with Crippen LogP contribution in [0.4, 0.5) is 0 Å². The molecule has 4 nitrogen and oxygen atoms in total. The van der Waals surface area contributed by atoms with E-state index in [1.807, 2.05) is 44.3 Å². The molecule has 0 saturated heterocycles. The third-order valence-corrected chi connectivity index (χ3v) is 3.73. The molecule has 1 N–H and O–H groups in total. The minimum absolute atomic E-state index is 0.210. The van der Waals surface area contributed by atoms with Crippen molar-refractivity contribution in [2.24, 2.45) is 0 Å². The molecule has 1 rings (SSSR count). The molecule has 0 aliphatic heterocycles. The number of ether oxygens (including phenoxy) is 1. The lowest BCUT2D eigenvalue weighted by atomic mass is 9.86. The largest absolute Gasteiger partial charge is 0.464 e. The van der Waals surface area contributed by atoms with E-state index < -0.39 is 5.54 Å². The van der Waals surface area contributed by atoms with Crippen molar-refractivity contribution in [3.8, 4) is 0 Å². The molecule has 0 spiro atoms. The average molecular weight is 278 g/mol. The van der Waals surface area contributed by atoms with Gasteiger partial charge in [-0.1, -0.05) is 37.3 Å². The summed E-state index contributed by atoms with van der Waals surface area (Å²) in [5.41, 5.74) is 0.172. The second-order valence-corrected chi connectivity index (χ2v) is 4.89. The number of esters is 1. The summed E-state index contributed by atoms with van der Waals surface area (Å²) in [6.07, 6.45) is 0.677. The number of hydrogen-bond acceptors (Lipinski definition) is 4. The minimum Gasteiger partial charge on any atom is -0.464 e. The molecule has 1 aromatic carbocycles. The van der Waals surface area contributed by atoms with Crippen LogP contribution in [-0.4, -0.2) is 44.7 Å². The fourth-order valence-corrected chi connectivity index (χ4v) is 2.23. The van der Waals surface area contributed by atoms with E-state index in [0.29, 0.717) is 13.0 Å². The number of benzene rings is 1. The zero-order valence-electron chi connectivity index (χ0n) is 13.0. The van der Waals surface area contributed by atoms with Crippen LogP contribution in [0.5, 0.6) is 0 Å². The highest BCUT2D eigenvalue weighted by Gasteiger charge is 2.40. The van der Waals surface area contributed by atoms with Gasteiger partial charge in [0.1, 0.15) is 5.54 Å². The predicted octanol–water partition coefficient (Wildman–Crippen LogP) is 2.01. The van der Waals surface area contributed by atoms with Crippen LogP contribution in [0.15, 0.2) is 30.3 Å². The average Bonchev–Trinajstić information content (AvgIpc) is 2.49. The number of nitrogens with one attached hydrogen (secondary N) is 1. The Morgan fingerprint density at radius 1 is 1.30 bits per heavy atom. The smallest absolute Gasteiger partial charge is 0.331 e. The van der Waals surface area contributed by atoms with Crippen LogP contribution in [0.1, 0.15) is 25.8 Å². The highest BCUT2D eigenvalue weighted by molar-refractivity contribution is 5.82. The number of carbonyl (C=O) groups is 1. The lowest BCUT2D eigenvalue weighted by Crippen LogP contribution is -2.50. The van der Waals surface area contributed by atoms with Crippen molar-refractivity contribution in [2.45, 2.75) is 25.8 Å². The molecular weight excluding hydrogens is 252 g/mol. The molecule has 0 aromatic heterocycles. The molecular formula is C16H26N2O2. The Hall–Kier alpha value is -1.39. The maximum Gasteiger partial charge on any atom is 0.331 e. The predicted molar refractivity (Wildman–Crippen MR) is 81.6 cm³/mol. The molecule has 0 aliphatic rings. The molecule has 0 saturated carbocycles. The molecule has 112 valence electrons. The topological polar surface area (TPSA) is 41.6 Å². The van der Waals surface area contributed by atoms with Gasteiger partial charge in [-0.15, -0.1) is 0 Å². The highest BCUT2D eigenvalue weighted by Crippen LogP contribution is 2.27. The number of rotatable bonds is 8. The molecule has 0 amide bonds. The number of hydrogen-bond donors (Lipinski definition) is 1. The summed E-state index contributed by atoms with van der Waals surface area (Å²) in [6, 6.07) is 9.79. The molecule has 0 radical (unpaired) electrons. The van der Waals surface area contributed by atoms with Gasteiger partial charge >= 0.3 is 5.97 Å². The SMILES string of the molecule is CCOC(=O)C(CCN(C)CC)(NC)c1ccccc1. The van der Waals surface area contributed by atoms with Crippen LogP contribution in [0.3, 0.4) is 0 Å². The Morgan fingerprint density at radius 2 is 1.95 bits per heavy atom. The Kier molecular flexibility index (Phi) is 6.68. The van der Waals surface area contributed by atoms with Crippen molar-refractivity contribution in [2.75, 3.05) is 33.8 Å². The fraction of sp³-hybridized carbons (Fsp3) is 0.562. The summed E-state index contributed by atoms with van der Waals surface area (Å²) in [7, 11) is 3.87. The molecule has 1 unspecified atom stereocenters. The summed E-state index contributed by atoms with van der Waals surface area (Å²) in [6.45, 7) is 6.11. The van der Waals surface area contributed by atoms with Gasteiger partial charge in [-0.2, -0.15) is 0 Å². The van der Waals surface area contributed by atoms with Crippen molar-refractivity contribution in [3.63, 3.8) is 0 Å². The van der Waals surface area contributed by atoms with Gasteiger partial charge in [-0.25, -0.2) is 4.79 Å². The normalized spacial score (nSPS) is 14.1. The van der Waals surface area contributed by atoms with Crippen LogP contribution in [0, 0.1) is 0 Å². The van der Waals surface area contributed by atoms with Crippen molar-refractivity contribution in [1.29, 1.82) is 0 Å². The summed E-state index contributed by atoms with van der Waals surface area (Å²) in [4.78, 5) is 14.7. The molecule has 0 fully saturated rings. The standard InChI is InChI=1S/C16H26N2O2/c1-5-18(4)13-12-16(17-3,15(19)20-6-2)14-10-8-7-9-11-14/h7-11,17H,5-6,12-13H2,1-4H3. The molecule has 4 heteroatoms. The Labute approximate surface area is 122 Å². The molecule has 0 heterocycles. The van der Waals surface area contributed by atoms with Gasteiger partial charge in [0.25, 0.3) is 0 Å². The van der Waals surface area contributed by atoms with Gasteiger partial charge in [0, 0.05) is 6.54 Å². The van der Waals surface area contributed by atoms with Crippen LogP contribution in [0.2, 0.25) is 0 Å².